The Labute approximate surface area is 130 Å². The second-order valence-electron chi connectivity index (χ2n) is 6.50. The monoisotopic (exact) mass is 318 g/mol. The smallest absolute Gasteiger partial charge is 0.164 e. The Morgan fingerprint density at radius 3 is 2.86 bits per heavy atom. The van der Waals surface area contributed by atoms with Gasteiger partial charge in [0, 0.05) is 11.1 Å². The molecule has 0 aromatic carbocycles. The third kappa shape index (κ3) is 1.47. The first-order valence-electron chi connectivity index (χ1n) is 7.43. The summed E-state index contributed by atoms with van der Waals surface area (Å²) in [5, 5.41) is 21.6. The van der Waals surface area contributed by atoms with Crippen molar-refractivity contribution < 1.29 is 10.2 Å². The number of nitrogens with one attached hydrogen (secondary N) is 1. The lowest BCUT2D eigenvalue weighted by Crippen LogP contribution is -2.31. The van der Waals surface area contributed by atoms with Crippen molar-refractivity contribution in [1.82, 2.24) is 19.5 Å². The molecule has 0 radical (unpaired) electrons. The van der Waals surface area contributed by atoms with Crippen LogP contribution in [0.15, 0.2) is 12.4 Å². The van der Waals surface area contributed by atoms with Gasteiger partial charge in [-0.2, -0.15) is 0 Å². The standard InChI is InChI=1S/C15H15ClN4O2/c1-5-2-8-9(18-5)10-15(19-14(8)16)20(4-17-10)11-6-3-7(6)12(21)13(11)22/h2,4,6-7,11-13,18,21-22H,3H2,1H3/t6-,7+,11+,12+,13-/m0/s1. The van der Waals surface area contributed by atoms with Gasteiger partial charge in [-0.05, 0) is 31.2 Å². The maximum Gasteiger partial charge on any atom is 0.164 e. The molecule has 6 nitrogen and oxygen atoms in total. The summed E-state index contributed by atoms with van der Waals surface area (Å²) in [5.74, 6) is 0.494. The van der Waals surface area contributed by atoms with Gasteiger partial charge in [-0.1, -0.05) is 11.6 Å². The second kappa shape index (κ2) is 4.01. The Hall–Kier alpha value is -1.63. The van der Waals surface area contributed by atoms with Gasteiger partial charge in [-0.25, -0.2) is 9.97 Å². The van der Waals surface area contributed by atoms with Crippen LogP contribution in [0.3, 0.4) is 0 Å². The predicted molar refractivity (Wildman–Crippen MR) is 81.8 cm³/mol. The van der Waals surface area contributed by atoms with E-state index in [0.717, 1.165) is 28.5 Å². The molecule has 7 heteroatoms. The van der Waals surface area contributed by atoms with Crippen LogP contribution in [0.4, 0.5) is 0 Å². The van der Waals surface area contributed by atoms with Crippen LogP contribution in [0.25, 0.3) is 22.1 Å². The van der Waals surface area contributed by atoms with Crippen molar-refractivity contribution in [2.45, 2.75) is 31.6 Å². The number of nitrogens with zero attached hydrogens (tertiary/aromatic N) is 3. The Morgan fingerprint density at radius 1 is 1.32 bits per heavy atom. The van der Waals surface area contributed by atoms with Crippen LogP contribution in [-0.4, -0.2) is 41.9 Å². The molecule has 2 fully saturated rings. The van der Waals surface area contributed by atoms with Gasteiger partial charge in [-0.15, -0.1) is 0 Å². The molecule has 0 amide bonds. The Bertz CT molecular complexity index is 917. The molecule has 0 unspecified atom stereocenters. The molecule has 3 aromatic heterocycles. The number of aromatic nitrogens is 4. The van der Waals surface area contributed by atoms with Gasteiger partial charge in [0.1, 0.15) is 16.8 Å². The third-order valence-electron chi connectivity index (χ3n) is 5.17. The van der Waals surface area contributed by atoms with Gasteiger partial charge in [0.15, 0.2) is 5.65 Å². The molecule has 2 aliphatic carbocycles. The highest BCUT2D eigenvalue weighted by Crippen LogP contribution is 2.58. The minimum absolute atomic E-state index is 0.179. The Morgan fingerprint density at radius 2 is 2.14 bits per heavy atom. The van der Waals surface area contributed by atoms with Gasteiger partial charge in [0.05, 0.1) is 24.0 Å². The van der Waals surface area contributed by atoms with E-state index in [0.29, 0.717) is 16.7 Å². The molecule has 5 atom stereocenters. The van der Waals surface area contributed by atoms with Crippen molar-refractivity contribution in [1.29, 1.82) is 0 Å². The fraction of sp³-hybridized carbons (Fsp3) is 0.467. The topological polar surface area (TPSA) is 87.0 Å². The summed E-state index contributed by atoms with van der Waals surface area (Å²) in [6.45, 7) is 1.96. The minimum atomic E-state index is -0.775. The largest absolute Gasteiger partial charge is 0.390 e. The molecule has 0 spiro atoms. The fourth-order valence-electron chi connectivity index (χ4n) is 4.05. The van der Waals surface area contributed by atoms with Gasteiger partial charge < -0.3 is 19.8 Å². The normalized spacial score (nSPS) is 33.7. The molecule has 22 heavy (non-hydrogen) atoms. The highest BCUT2D eigenvalue weighted by molar-refractivity contribution is 6.35. The first-order valence-corrected chi connectivity index (χ1v) is 7.81. The highest BCUT2D eigenvalue weighted by atomic mass is 35.5. The van der Waals surface area contributed by atoms with E-state index in [1.54, 1.807) is 6.33 Å². The summed E-state index contributed by atoms with van der Waals surface area (Å²) in [6, 6.07) is 1.77. The summed E-state index contributed by atoms with van der Waals surface area (Å²) in [7, 11) is 0. The van der Waals surface area contributed by atoms with Gasteiger partial charge in [0.25, 0.3) is 0 Å². The molecule has 114 valence electrons. The van der Waals surface area contributed by atoms with E-state index in [4.69, 9.17) is 11.6 Å². The number of halogens is 1. The predicted octanol–water partition coefficient (Wildman–Crippen LogP) is 1.79. The maximum atomic E-state index is 10.3. The molecule has 0 bridgehead atoms. The van der Waals surface area contributed by atoms with Crippen LogP contribution in [0, 0.1) is 18.8 Å². The third-order valence-corrected chi connectivity index (χ3v) is 5.46. The van der Waals surface area contributed by atoms with Crippen molar-refractivity contribution in [3.8, 4) is 0 Å². The first kappa shape index (κ1) is 12.9. The van der Waals surface area contributed by atoms with Crippen LogP contribution < -0.4 is 0 Å². The lowest BCUT2D eigenvalue weighted by molar-refractivity contribution is 0.00387. The molecule has 3 aromatic rings. The van der Waals surface area contributed by atoms with E-state index in [1.165, 1.54) is 0 Å². The van der Waals surface area contributed by atoms with E-state index in [9.17, 15) is 10.2 Å². The van der Waals surface area contributed by atoms with Gasteiger partial charge in [0.2, 0.25) is 0 Å². The number of H-pyrrole nitrogens is 1. The Balaban J connectivity index is 1.76. The summed E-state index contributed by atoms with van der Waals surface area (Å²) in [5.41, 5.74) is 3.27. The van der Waals surface area contributed by atoms with Crippen molar-refractivity contribution >= 4 is 33.7 Å². The van der Waals surface area contributed by atoms with Crippen LogP contribution in [0.2, 0.25) is 5.15 Å². The van der Waals surface area contributed by atoms with Gasteiger partial charge >= 0.3 is 0 Å². The van der Waals surface area contributed by atoms with Crippen LogP contribution in [0.5, 0.6) is 0 Å². The zero-order chi connectivity index (χ0) is 15.2. The van der Waals surface area contributed by atoms with Crippen molar-refractivity contribution in [2.24, 2.45) is 11.8 Å². The van der Waals surface area contributed by atoms with E-state index in [2.05, 4.69) is 15.0 Å². The lowest BCUT2D eigenvalue weighted by Gasteiger charge is -2.22. The van der Waals surface area contributed by atoms with E-state index < -0.39 is 12.2 Å². The molecule has 0 aliphatic heterocycles. The number of imidazole rings is 1. The number of fused-ring (bicyclic) bond motifs is 4. The highest BCUT2D eigenvalue weighted by Gasteiger charge is 2.60. The average Bonchev–Trinajstić information content (AvgIpc) is 2.87. The zero-order valence-corrected chi connectivity index (χ0v) is 12.6. The zero-order valence-electron chi connectivity index (χ0n) is 11.9. The number of hydrogen-bond acceptors (Lipinski definition) is 4. The summed E-state index contributed by atoms with van der Waals surface area (Å²) < 4.78 is 1.88. The van der Waals surface area contributed by atoms with E-state index in [-0.39, 0.29) is 12.0 Å². The molecule has 0 saturated heterocycles. The number of aliphatic hydroxyl groups excluding tert-OH is 2. The second-order valence-corrected chi connectivity index (χ2v) is 6.86. The van der Waals surface area contributed by atoms with Crippen LogP contribution >= 0.6 is 11.6 Å². The molecular formula is C15H15ClN4O2. The average molecular weight is 319 g/mol. The number of aryl methyl sites for hydroxylation is 1. The fourth-order valence-corrected chi connectivity index (χ4v) is 4.28. The van der Waals surface area contributed by atoms with Crippen molar-refractivity contribution in [3.05, 3.63) is 23.2 Å². The van der Waals surface area contributed by atoms with Crippen LogP contribution in [0.1, 0.15) is 18.2 Å². The Kier molecular flexibility index (Phi) is 2.35. The molecular weight excluding hydrogens is 304 g/mol. The molecule has 5 rings (SSSR count). The SMILES string of the molecule is Cc1cc2c(Cl)nc3c(ncn3[C@H]3[C@H](O)[C@H](O)[C@@H]4C[C@@H]43)c2[nH]1. The minimum Gasteiger partial charge on any atom is -0.390 e. The summed E-state index contributed by atoms with van der Waals surface area (Å²) in [6.07, 6.45) is 1.22. The van der Waals surface area contributed by atoms with Crippen LogP contribution in [-0.2, 0) is 0 Å². The molecule has 2 saturated carbocycles. The number of aromatic amines is 1. The summed E-state index contributed by atoms with van der Waals surface area (Å²) >= 11 is 6.31. The van der Waals surface area contributed by atoms with Gasteiger partial charge in [-0.3, -0.25) is 0 Å². The number of hydrogen-bond donors (Lipinski definition) is 3. The number of aliphatic hydroxyl groups is 2. The molecule has 3 N–H and O–H groups in total. The first-order chi connectivity index (χ1) is 10.6. The lowest BCUT2D eigenvalue weighted by atomic mass is 10.1. The van der Waals surface area contributed by atoms with Crippen molar-refractivity contribution in [3.63, 3.8) is 0 Å². The van der Waals surface area contributed by atoms with E-state index >= 15 is 0 Å². The molecule has 3 heterocycles. The summed E-state index contributed by atoms with van der Waals surface area (Å²) in [4.78, 5) is 12.2. The quantitative estimate of drug-likeness (QED) is 0.597. The van der Waals surface area contributed by atoms with Crippen molar-refractivity contribution in [2.75, 3.05) is 0 Å². The maximum absolute atomic E-state index is 10.3. The number of rotatable bonds is 1. The number of pyridine rings is 1. The molecule has 2 aliphatic rings. The van der Waals surface area contributed by atoms with E-state index in [1.807, 2.05) is 17.6 Å².